The Morgan fingerprint density at radius 1 is 1.82 bits per heavy atom. The van der Waals surface area contributed by atoms with E-state index in [0.29, 0.717) is 5.13 Å². The number of carbonyl (C=O) groups excluding carboxylic acids is 1. The van der Waals surface area contributed by atoms with Crippen molar-refractivity contribution in [3.8, 4) is 0 Å². The van der Waals surface area contributed by atoms with Gasteiger partial charge in [0.15, 0.2) is 5.13 Å². The number of nitrogens with two attached hydrogens (primary N) is 1. The fraction of sp³-hybridized carbons (Fsp3) is 0.200. The number of hydrogen-bond acceptors (Lipinski definition) is 5. The SMILES string of the molecule is CC(=O)[O-].Nc1nccs1.[Na+]. The minimum absolute atomic E-state index is 0. The first-order chi connectivity index (χ1) is 4.63. The summed E-state index contributed by atoms with van der Waals surface area (Å²) in [6.07, 6.45) is 1.68. The molecule has 1 aromatic heterocycles. The van der Waals surface area contributed by atoms with E-state index >= 15 is 0 Å². The van der Waals surface area contributed by atoms with Crippen LogP contribution in [-0.2, 0) is 4.79 Å². The first kappa shape index (κ1) is 13.5. The molecule has 0 saturated carbocycles. The molecule has 1 aromatic rings. The number of carbonyl (C=O) groups is 1. The molecule has 1 rings (SSSR count). The maximum Gasteiger partial charge on any atom is 1.00 e. The van der Waals surface area contributed by atoms with E-state index in [1.807, 2.05) is 5.38 Å². The van der Waals surface area contributed by atoms with Crippen molar-refractivity contribution in [2.24, 2.45) is 0 Å². The van der Waals surface area contributed by atoms with Gasteiger partial charge in [0.2, 0.25) is 0 Å². The third kappa shape index (κ3) is 13.0. The smallest absolute Gasteiger partial charge is 0.550 e. The molecule has 0 aliphatic carbocycles. The molecule has 0 saturated heterocycles. The van der Waals surface area contributed by atoms with E-state index in [1.165, 1.54) is 11.3 Å². The molecule has 0 atom stereocenters. The van der Waals surface area contributed by atoms with Crippen LogP contribution in [0.2, 0.25) is 0 Å². The summed E-state index contributed by atoms with van der Waals surface area (Å²) in [5.41, 5.74) is 5.19. The molecule has 1 heterocycles. The van der Waals surface area contributed by atoms with Crippen molar-refractivity contribution in [1.29, 1.82) is 0 Å². The first-order valence-corrected chi connectivity index (χ1v) is 3.33. The Kier molecular flexibility index (Phi) is 9.81. The molecule has 0 aliphatic heterocycles. The van der Waals surface area contributed by atoms with E-state index in [0.717, 1.165) is 6.92 Å². The molecule has 6 heteroatoms. The quantitative estimate of drug-likeness (QED) is 0.422. The minimum Gasteiger partial charge on any atom is -0.550 e. The van der Waals surface area contributed by atoms with Gasteiger partial charge in [-0.1, -0.05) is 0 Å². The summed E-state index contributed by atoms with van der Waals surface area (Å²) in [7, 11) is 0. The number of aliphatic carboxylic acids is 1. The number of carboxylic acids is 1. The van der Waals surface area contributed by atoms with Crippen LogP contribution in [0, 0.1) is 0 Å². The fourth-order valence-electron chi connectivity index (χ4n) is 0.234. The maximum atomic E-state index is 8.89. The van der Waals surface area contributed by atoms with Gasteiger partial charge in [-0.05, 0) is 6.92 Å². The van der Waals surface area contributed by atoms with Crippen molar-refractivity contribution in [2.75, 3.05) is 5.73 Å². The van der Waals surface area contributed by atoms with Gasteiger partial charge in [-0.15, -0.1) is 11.3 Å². The average molecular weight is 182 g/mol. The monoisotopic (exact) mass is 182 g/mol. The van der Waals surface area contributed by atoms with Gasteiger partial charge < -0.3 is 15.6 Å². The second-order valence-corrected chi connectivity index (χ2v) is 2.29. The molecule has 0 fully saturated rings. The van der Waals surface area contributed by atoms with Crippen LogP contribution in [0.15, 0.2) is 11.6 Å². The number of nitrogens with zero attached hydrogens (tertiary/aromatic N) is 1. The predicted octanol–water partition coefficient (Wildman–Crippen LogP) is -3.51. The van der Waals surface area contributed by atoms with Crippen LogP contribution >= 0.6 is 11.3 Å². The van der Waals surface area contributed by atoms with E-state index in [4.69, 9.17) is 15.6 Å². The van der Waals surface area contributed by atoms with Gasteiger partial charge in [-0.25, -0.2) is 4.98 Å². The Bertz CT molecular complexity index is 186. The number of aromatic nitrogens is 1. The minimum atomic E-state index is -1.08. The average Bonchev–Trinajstić information content (AvgIpc) is 2.15. The van der Waals surface area contributed by atoms with Crippen LogP contribution < -0.4 is 40.4 Å². The van der Waals surface area contributed by atoms with Crippen LogP contribution in [0.1, 0.15) is 6.92 Å². The Labute approximate surface area is 90.7 Å². The predicted molar refractivity (Wildman–Crippen MR) is 37.2 cm³/mol. The van der Waals surface area contributed by atoms with E-state index in [-0.39, 0.29) is 29.6 Å². The Balaban J connectivity index is 0. The topological polar surface area (TPSA) is 79.0 Å². The summed E-state index contributed by atoms with van der Waals surface area (Å²) in [6, 6.07) is 0. The van der Waals surface area contributed by atoms with Crippen molar-refractivity contribution < 1.29 is 39.5 Å². The zero-order chi connectivity index (χ0) is 7.98. The summed E-state index contributed by atoms with van der Waals surface area (Å²) in [5.74, 6) is -1.08. The van der Waals surface area contributed by atoms with Crippen LogP contribution in [0.4, 0.5) is 5.13 Å². The van der Waals surface area contributed by atoms with Crippen molar-refractivity contribution in [1.82, 2.24) is 4.98 Å². The van der Waals surface area contributed by atoms with Gasteiger partial charge in [-0.2, -0.15) is 0 Å². The number of hydrogen-bond donors (Lipinski definition) is 1. The van der Waals surface area contributed by atoms with E-state index in [1.54, 1.807) is 6.20 Å². The van der Waals surface area contributed by atoms with Crippen LogP contribution in [-0.4, -0.2) is 11.0 Å². The molecular formula is C5H7N2NaO2S. The second-order valence-electron chi connectivity index (χ2n) is 1.36. The van der Waals surface area contributed by atoms with Gasteiger partial charge in [0.05, 0.1) is 0 Å². The summed E-state index contributed by atoms with van der Waals surface area (Å²) in [5, 5.41) is 11.4. The molecular weight excluding hydrogens is 175 g/mol. The third-order valence-corrected chi connectivity index (χ3v) is 1.06. The van der Waals surface area contributed by atoms with Gasteiger partial charge in [0.1, 0.15) is 0 Å². The summed E-state index contributed by atoms with van der Waals surface area (Å²) >= 11 is 1.44. The summed E-state index contributed by atoms with van der Waals surface area (Å²) < 4.78 is 0. The normalized spacial score (nSPS) is 7.00. The van der Waals surface area contributed by atoms with Crippen molar-refractivity contribution >= 4 is 22.4 Å². The molecule has 0 bridgehead atoms. The molecule has 0 aromatic carbocycles. The maximum absolute atomic E-state index is 8.89. The van der Waals surface area contributed by atoms with Crippen molar-refractivity contribution in [3.05, 3.63) is 11.6 Å². The Morgan fingerprint density at radius 2 is 2.27 bits per heavy atom. The number of nitrogen functional groups attached to an aromatic ring is 1. The van der Waals surface area contributed by atoms with E-state index in [9.17, 15) is 0 Å². The molecule has 0 amide bonds. The molecule has 4 nitrogen and oxygen atoms in total. The zero-order valence-corrected chi connectivity index (χ0v) is 9.22. The van der Waals surface area contributed by atoms with Gasteiger partial charge in [-0.3, -0.25) is 0 Å². The third-order valence-electron chi connectivity index (χ3n) is 0.451. The van der Waals surface area contributed by atoms with Crippen LogP contribution in [0.5, 0.6) is 0 Å². The molecule has 56 valence electrons. The van der Waals surface area contributed by atoms with Crippen LogP contribution in [0.25, 0.3) is 0 Å². The van der Waals surface area contributed by atoms with Crippen LogP contribution in [0.3, 0.4) is 0 Å². The van der Waals surface area contributed by atoms with Gasteiger partial charge in [0, 0.05) is 17.5 Å². The molecule has 0 aliphatic rings. The zero-order valence-electron chi connectivity index (χ0n) is 6.40. The Hall–Kier alpha value is -0.1000. The number of anilines is 1. The summed E-state index contributed by atoms with van der Waals surface area (Å²) in [4.78, 5) is 12.6. The number of thiazole rings is 1. The molecule has 2 N–H and O–H groups in total. The fourth-order valence-corrected chi connectivity index (χ4v) is 0.617. The van der Waals surface area contributed by atoms with E-state index < -0.39 is 5.97 Å². The molecule has 0 unspecified atom stereocenters. The number of rotatable bonds is 0. The summed E-state index contributed by atoms with van der Waals surface area (Å²) in [6.45, 7) is 0.972. The van der Waals surface area contributed by atoms with Crippen molar-refractivity contribution in [3.63, 3.8) is 0 Å². The van der Waals surface area contributed by atoms with Crippen molar-refractivity contribution in [2.45, 2.75) is 6.92 Å². The standard InChI is InChI=1S/C3H4N2S.C2H4O2.Na/c4-3-5-1-2-6-3;1-2(3)4;/h1-2H,(H2,4,5);1H3,(H,3,4);/q;;+1/p-1. The first-order valence-electron chi connectivity index (χ1n) is 2.45. The molecule has 11 heavy (non-hydrogen) atoms. The number of carboxylic acid groups (broad SMARTS) is 1. The van der Waals surface area contributed by atoms with E-state index in [2.05, 4.69) is 4.98 Å². The Morgan fingerprint density at radius 3 is 2.36 bits per heavy atom. The van der Waals surface area contributed by atoms with Gasteiger partial charge in [0.25, 0.3) is 0 Å². The van der Waals surface area contributed by atoms with Gasteiger partial charge >= 0.3 is 29.6 Å². The molecule has 0 radical (unpaired) electrons. The molecule has 0 spiro atoms. The second kappa shape index (κ2) is 8.00. The largest absolute Gasteiger partial charge is 1.00 e.